The summed E-state index contributed by atoms with van der Waals surface area (Å²) in [7, 11) is 0. The van der Waals surface area contributed by atoms with Crippen LogP contribution < -0.4 is 0 Å². The first kappa shape index (κ1) is 16.9. The van der Waals surface area contributed by atoms with Crippen LogP contribution in [-0.2, 0) is 9.53 Å². The average molecular weight is 321 g/mol. The van der Waals surface area contributed by atoms with Crippen molar-refractivity contribution in [2.75, 3.05) is 0 Å². The van der Waals surface area contributed by atoms with Crippen molar-refractivity contribution in [1.82, 2.24) is 0 Å². The van der Waals surface area contributed by atoms with Crippen molar-refractivity contribution < 1.29 is 9.53 Å². The van der Waals surface area contributed by atoms with E-state index in [0.717, 1.165) is 12.8 Å². The summed E-state index contributed by atoms with van der Waals surface area (Å²) in [5, 5.41) is 0. The van der Waals surface area contributed by atoms with Crippen LogP contribution in [0.25, 0.3) is 0 Å². The zero-order valence-corrected chi connectivity index (χ0v) is 13.9. The summed E-state index contributed by atoms with van der Waals surface area (Å²) in [4.78, 5) is 10.9. The zero-order chi connectivity index (χ0) is 13.3. The van der Waals surface area contributed by atoms with Crippen LogP contribution in [0.4, 0.5) is 0 Å². The highest BCUT2D eigenvalue weighted by molar-refractivity contribution is 9.26. The number of esters is 1. The fraction of sp³-hybridized carbons (Fsp3) is 0.769. The lowest BCUT2D eigenvalue weighted by Crippen LogP contribution is -2.14. The normalized spacial score (nSPS) is 13.2. The van der Waals surface area contributed by atoms with E-state index in [1.54, 1.807) is 0 Å². The van der Waals surface area contributed by atoms with E-state index >= 15 is 0 Å². The van der Waals surface area contributed by atoms with Gasteiger partial charge >= 0.3 is 5.97 Å². The summed E-state index contributed by atoms with van der Waals surface area (Å²) >= 11 is 3.78. The molecule has 17 heavy (non-hydrogen) atoms. The molecule has 0 aromatic rings. The molecule has 0 bridgehead atoms. The average Bonchev–Trinajstić information content (AvgIpc) is 2.21. The third-order valence-electron chi connectivity index (χ3n) is 2.62. The van der Waals surface area contributed by atoms with Crippen LogP contribution in [-0.4, -0.2) is 18.8 Å². The number of carbonyl (C=O) groups is 1. The molecule has 0 saturated heterocycles. The first-order valence-electron chi connectivity index (χ1n) is 6.37. The Balaban J connectivity index is 3.39. The molecule has 0 aliphatic heterocycles. The lowest BCUT2D eigenvalue weighted by atomic mass is 10.1. The van der Waals surface area contributed by atoms with Gasteiger partial charge < -0.3 is 4.74 Å². The Kier molecular flexibility index (Phi) is 8.87. The second-order valence-corrected chi connectivity index (χ2v) is 15.5. The van der Waals surface area contributed by atoms with Crippen LogP contribution in [0, 0.1) is 0 Å². The first-order chi connectivity index (χ1) is 7.85. The molecule has 1 unspecified atom stereocenters. The fourth-order valence-corrected chi connectivity index (χ4v) is 3.57. The van der Waals surface area contributed by atoms with Gasteiger partial charge in [0, 0.05) is 6.08 Å². The van der Waals surface area contributed by atoms with Gasteiger partial charge in [-0.2, -0.15) is 0 Å². The molecular formula is C13H25BrO2Si. The summed E-state index contributed by atoms with van der Waals surface area (Å²) in [6, 6.07) is 1.34. The summed E-state index contributed by atoms with van der Waals surface area (Å²) in [5.74, 6) is -0.315. The van der Waals surface area contributed by atoms with E-state index in [4.69, 9.17) is 4.74 Å². The summed E-state index contributed by atoms with van der Waals surface area (Å²) < 4.78 is 5.10. The van der Waals surface area contributed by atoms with Crippen molar-refractivity contribution in [3.63, 3.8) is 0 Å². The number of ether oxygens (including phenoxy) is 1. The third-order valence-corrected chi connectivity index (χ3v) is 5.35. The highest BCUT2D eigenvalue weighted by Gasteiger charge is 2.14. The molecule has 0 radical (unpaired) electrons. The molecule has 0 N–H and O–H groups in total. The molecule has 0 aliphatic rings. The fourth-order valence-electron chi connectivity index (χ4n) is 1.64. The van der Waals surface area contributed by atoms with E-state index in [2.05, 4.69) is 35.0 Å². The maximum atomic E-state index is 10.9. The summed E-state index contributed by atoms with van der Waals surface area (Å²) in [6.45, 7) is 8.96. The number of hydrogen-bond donors (Lipinski definition) is 0. The van der Waals surface area contributed by atoms with Crippen molar-refractivity contribution >= 4 is 28.0 Å². The van der Waals surface area contributed by atoms with Gasteiger partial charge in [0.2, 0.25) is 0 Å². The van der Waals surface area contributed by atoms with Crippen LogP contribution in [0.15, 0.2) is 12.7 Å². The first-order valence-corrected chi connectivity index (χ1v) is 11.8. The smallest absolute Gasteiger partial charge is 0.330 e. The molecule has 1 atom stereocenters. The van der Waals surface area contributed by atoms with Gasteiger partial charge in [-0.05, 0) is 25.8 Å². The van der Waals surface area contributed by atoms with Gasteiger partial charge in [-0.1, -0.05) is 38.9 Å². The summed E-state index contributed by atoms with van der Waals surface area (Å²) in [5.41, 5.74) is 0. The third kappa shape index (κ3) is 12.2. The molecule has 0 aliphatic carbocycles. The predicted molar refractivity (Wildman–Crippen MR) is 80.1 cm³/mol. The van der Waals surface area contributed by atoms with E-state index < -0.39 is 6.69 Å². The number of unbranched alkanes of at least 4 members (excludes halogenated alkanes) is 3. The quantitative estimate of drug-likeness (QED) is 0.203. The minimum absolute atomic E-state index is 0.0162. The maximum absolute atomic E-state index is 10.9. The Morgan fingerprint density at radius 2 is 1.94 bits per heavy atom. The van der Waals surface area contributed by atoms with Crippen LogP contribution in [0.2, 0.25) is 19.1 Å². The molecule has 100 valence electrons. The minimum atomic E-state index is -1.03. The largest absolute Gasteiger partial charge is 0.460 e. The maximum Gasteiger partial charge on any atom is 0.330 e. The topological polar surface area (TPSA) is 26.3 Å². The highest BCUT2D eigenvalue weighted by atomic mass is 79.9. The Morgan fingerprint density at radius 3 is 2.47 bits per heavy atom. The number of hydrogen-bond acceptors (Lipinski definition) is 2. The van der Waals surface area contributed by atoms with E-state index in [0.29, 0.717) is 0 Å². The van der Waals surface area contributed by atoms with Gasteiger partial charge in [-0.25, -0.2) is 4.79 Å². The molecule has 0 aromatic carbocycles. The molecule has 0 spiro atoms. The van der Waals surface area contributed by atoms with Crippen LogP contribution in [0.3, 0.4) is 0 Å². The number of carbonyl (C=O) groups excluding carboxylic acids is 1. The zero-order valence-electron chi connectivity index (χ0n) is 11.3. The van der Waals surface area contributed by atoms with E-state index in [1.807, 2.05) is 6.92 Å². The Bertz CT molecular complexity index is 236. The molecule has 0 saturated carbocycles. The van der Waals surface area contributed by atoms with Crippen molar-refractivity contribution in [1.29, 1.82) is 0 Å². The lowest BCUT2D eigenvalue weighted by molar-refractivity contribution is -0.142. The minimum Gasteiger partial charge on any atom is -0.460 e. The van der Waals surface area contributed by atoms with Crippen molar-refractivity contribution in [2.45, 2.75) is 64.3 Å². The number of halogens is 1. The molecular weight excluding hydrogens is 296 g/mol. The van der Waals surface area contributed by atoms with Crippen LogP contribution in [0.5, 0.6) is 0 Å². The van der Waals surface area contributed by atoms with Gasteiger partial charge in [0.15, 0.2) is 0 Å². The van der Waals surface area contributed by atoms with E-state index in [9.17, 15) is 4.79 Å². The Morgan fingerprint density at radius 1 is 1.35 bits per heavy atom. The molecule has 0 fully saturated rings. The van der Waals surface area contributed by atoms with E-state index in [1.165, 1.54) is 31.4 Å². The highest BCUT2D eigenvalue weighted by Crippen LogP contribution is 2.21. The second-order valence-electron chi connectivity index (χ2n) is 5.12. The Labute approximate surface area is 114 Å². The van der Waals surface area contributed by atoms with Crippen molar-refractivity contribution in [3.8, 4) is 0 Å². The van der Waals surface area contributed by atoms with Crippen molar-refractivity contribution in [2.24, 2.45) is 0 Å². The van der Waals surface area contributed by atoms with Gasteiger partial charge in [0.05, 0.1) is 6.10 Å². The number of rotatable bonds is 9. The Hall–Kier alpha value is -0.0931. The van der Waals surface area contributed by atoms with Gasteiger partial charge in [0.25, 0.3) is 0 Å². The predicted octanol–water partition coefficient (Wildman–Crippen LogP) is 4.65. The monoisotopic (exact) mass is 320 g/mol. The standard InChI is InChI=1S/C13H25BrO2Si/c1-5-13(15)16-12(2)10-8-6-7-9-11-17(3,4)14/h5,12H,1,6-11H2,2-4H3. The molecule has 2 nitrogen and oxygen atoms in total. The molecule has 0 rings (SSSR count). The van der Waals surface area contributed by atoms with Crippen molar-refractivity contribution in [3.05, 3.63) is 12.7 Å². The van der Waals surface area contributed by atoms with Gasteiger partial charge in [-0.15, -0.1) is 15.3 Å². The molecule has 0 heterocycles. The molecule has 4 heteroatoms. The molecule has 0 aromatic heterocycles. The lowest BCUT2D eigenvalue weighted by Gasteiger charge is -2.13. The van der Waals surface area contributed by atoms with Crippen LogP contribution in [0.1, 0.15) is 39.0 Å². The van der Waals surface area contributed by atoms with Gasteiger partial charge in [-0.3, -0.25) is 0 Å². The van der Waals surface area contributed by atoms with Gasteiger partial charge in [0.1, 0.15) is 6.69 Å². The van der Waals surface area contributed by atoms with E-state index in [-0.39, 0.29) is 12.1 Å². The molecule has 0 amide bonds. The summed E-state index contributed by atoms with van der Waals surface area (Å²) in [6.07, 6.45) is 7.15. The SMILES string of the molecule is C=CC(=O)OC(C)CCCCCC[Si](C)(C)Br. The second kappa shape index (κ2) is 8.92. The van der Waals surface area contributed by atoms with Crippen LogP contribution >= 0.6 is 15.3 Å².